The lowest BCUT2D eigenvalue weighted by molar-refractivity contribution is 0.101. The Morgan fingerprint density at radius 1 is 1.35 bits per heavy atom. The van der Waals surface area contributed by atoms with E-state index in [4.69, 9.17) is 4.74 Å². The number of ketones is 1. The molecule has 0 N–H and O–H groups in total. The van der Waals surface area contributed by atoms with Crippen LogP contribution in [-0.4, -0.2) is 21.9 Å². The molecule has 1 aromatic carbocycles. The van der Waals surface area contributed by atoms with E-state index in [0.29, 0.717) is 34.7 Å². The van der Waals surface area contributed by atoms with Crippen LogP contribution in [0.2, 0.25) is 0 Å². The van der Waals surface area contributed by atoms with Crippen LogP contribution in [0, 0.1) is 0 Å². The summed E-state index contributed by atoms with van der Waals surface area (Å²) in [6.45, 7) is 4.25. The zero-order chi connectivity index (χ0) is 16.4. The molecule has 0 spiro atoms. The lowest BCUT2D eigenvalue weighted by atomic mass is 10.1. The highest BCUT2D eigenvalue weighted by Gasteiger charge is 2.11. The molecule has 2 heterocycles. The minimum atomic E-state index is -0.0827. The Hall–Kier alpha value is -2.47. The van der Waals surface area contributed by atoms with E-state index in [1.807, 2.05) is 18.4 Å². The van der Waals surface area contributed by atoms with Gasteiger partial charge in [0.05, 0.1) is 25.0 Å². The second-order valence-electron chi connectivity index (χ2n) is 5.12. The van der Waals surface area contributed by atoms with E-state index in [0.717, 1.165) is 5.56 Å². The molecule has 3 rings (SSSR count). The number of hydrogen-bond donors (Lipinski definition) is 0. The molecule has 0 atom stereocenters. The SMILES string of the molecule is CCOc1ccc(C(C)=O)cc1Cn1cnc2ccsc2c1=O. The second kappa shape index (κ2) is 6.34. The van der Waals surface area contributed by atoms with Crippen molar-refractivity contribution in [2.24, 2.45) is 0 Å². The van der Waals surface area contributed by atoms with Gasteiger partial charge in [0.2, 0.25) is 0 Å². The standard InChI is InChI=1S/C17H16N2O3S/c1-3-22-15-5-4-12(11(2)20)8-13(15)9-19-10-18-14-6-7-23-16(14)17(19)21/h4-8,10H,3,9H2,1-2H3. The maximum atomic E-state index is 12.5. The Labute approximate surface area is 137 Å². The number of fused-ring (bicyclic) bond motifs is 1. The summed E-state index contributed by atoms with van der Waals surface area (Å²) in [5.41, 5.74) is 2.01. The molecule has 0 aliphatic rings. The molecule has 0 fully saturated rings. The number of rotatable bonds is 5. The van der Waals surface area contributed by atoms with Crippen LogP contribution in [0.3, 0.4) is 0 Å². The summed E-state index contributed by atoms with van der Waals surface area (Å²) < 4.78 is 7.79. The number of nitrogens with zero attached hydrogens (tertiary/aromatic N) is 2. The third-order valence-corrected chi connectivity index (χ3v) is 4.43. The molecule has 118 valence electrons. The first kappa shape index (κ1) is 15.4. The van der Waals surface area contributed by atoms with Gasteiger partial charge in [0.25, 0.3) is 5.56 Å². The summed E-state index contributed by atoms with van der Waals surface area (Å²) in [4.78, 5) is 28.4. The maximum Gasteiger partial charge on any atom is 0.271 e. The number of ether oxygens (including phenoxy) is 1. The van der Waals surface area contributed by atoms with Gasteiger partial charge in [0.15, 0.2) is 5.78 Å². The lowest BCUT2D eigenvalue weighted by Gasteiger charge is -2.12. The summed E-state index contributed by atoms with van der Waals surface area (Å²) in [7, 11) is 0. The van der Waals surface area contributed by atoms with Gasteiger partial charge in [-0.15, -0.1) is 11.3 Å². The average Bonchev–Trinajstić information content (AvgIpc) is 3.01. The first-order valence-corrected chi connectivity index (χ1v) is 8.17. The number of hydrogen-bond acceptors (Lipinski definition) is 5. The fraction of sp³-hybridized carbons (Fsp3) is 0.235. The van der Waals surface area contributed by atoms with Crippen LogP contribution in [0.4, 0.5) is 0 Å². The molecule has 3 aromatic rings. The van der Waals surface area contributed by atoms with Gasteiger partial charge >= 0.3 is 0 Å². The molecule has 5 nitrogen and oxygen atoms in total. The quantitative estimate of drug-likeness (QED) is 0.675. The Morgan fingerprint density at radius 3 is 2.91 bits per heavy atom. The Bertz CT molecular complexity index is 927. The van der Waals surface area contributed by atoms with Gasteiger partial charge in [-0.25, -0.2) is 4.98 Å². The van der Waals surface area contributed by atoms with Crippen molar-refractivity contribution >= 4 is 27.3 Å². The summed E-state index contributed by atoms with van der Waals surface area (Å²) in [6.07, 6.45) is 1.54. The number of benzene rings is 1. The van der Waals surface area contributed by atoms with Crippen molar-refractivity contribution in [1.82, 2.24) is 9.55 Å². The normalized spacial score (nSPS) is 10.9. The molecular formula is C17H16N2O3S. The predicted octanol–water partition coefficient (Wildman–Crippen LogP) is 3.11. The molecule has 0 unspecified atom stereocenters. The van der Waals surface area contributed by atoms with Gasteiger partial charge in [0.1, 0.15) is 10.4 Å². The van der Waals surface area contributed by atoms with E-state index in [2.05, 4.69) is 4.98 Å². The Balaban J connectivity index is 2.05. The minimum absolute atomic E-state index is 0.0199. The molecule has 23 heavy (non-hydrogen) atoms. The maximum absolute atomic E-state index is 12.5. The minimum Gasteiger partial charge on any atom is -0.494 e. The lowest BCUT2D eigenvalue weighted by Crippen LogP contribution is -2.20. The Kier molecular flexibility index (Phi) is 4.25. The fourth-order valence-electron chi connectivity index (χ4n) is 2.39. The summed E-state index contributed by atoms with van der Waals surface area (Å²) in [5.74, 6) is 0.657. The highest BCUT2D eigenvalue weighted by atomic mass is 32.1. The molecule has 0 saturated heterocycles. The molecule has 0 saturated carbocycles. The van der Waals surface area contributed by atoms with Gasteiger partial charge in [-0.3, -0.25) is 14.2 Å². The van der Waals surface area contributed by atoms with Crippen LogP contribution >= 0.6 is 11.3 Å². The number of carbonyl (C=O) groups excluding carboxylic acids is 1. The van der Waals surface area contributed by atoms with E-state index in [9.17, 15) is 9.59 Å². The highest BCUT2D eigenvalue weighted by molar-refractivity contribution is 7.17. The molecule has 0 aliphatic carbocycles. The number of aromatic nitrogens is 2. The molecule has 0 amide bonds. The van der Waals surface area contributed by atoms with Crippen molar-refractivity contribution in [3.63, 3.8) is 0 Å². The van der Waals surface area contributed by atoms with Crippen molar-refractivity contribution in [2.75, 3.05) is 6.61 Å². The molecule has 2 aromatic heterocycles. The fourth-order valence-corrected chi connectivity index (χ4v) is 3.19. The first-order chi connectivity index (χ1) is 11.1. The molecule has 0 bridgehead atoms. The van der Waals surface area contributed by atoms with Crippen LogP contribution < -0.4 is 10.3 Å². The highest BCUT2D eigenvalue weighted by Crippen LogP contribution is 2.22. The number of thiophene rings is 1. The first-order valence-electron chi connectivity index (χ1n) is 7.29. The predicted molar refractivity (Wildman–Crippen MR) is 90.6 cm³/mol. The van der Waals surface area contributed by atoms with Crippen LogP contribution in [0.15, 0.2) is 40.8 Å². The third-order valence-electron chi connectivity index (χ3n) is 3.54. The second-order valence-corrected chi connectivity index (χ2v) is 6.04. The van der Waals surface area contributed by atoms with Gasteiger partial charge in [0, 0.05) is 11.1 Å². The molecule has 0 aliphatic heterocycles. The number of carbonyl (C=O) groups is 1. The van der Waals surface area contributed by atoms with Crippen LogP contribution in [0.1, 0.15) is 29.8 Å². The van der Waals surface area contributed by atoms with Gasteiger partial charge in [-0.1, -0.05) is 0 Å². The summed E-state index contributed by atoms with van der Waals surface area (Å²) >= 11 is 1.38. The third kappa shape index (κ3) is 3.03. The van der Waals surface area contributed by atoms with Crippen LogP contribution in [-0.2, 0) is 6.54 Å². The summed E-state index contributed by atoms with van der Waals surface area (Å²) in [6, 6.07) is 7.12. The van der Waals surface area contributed by atoms with E-state index in [1.54, 1.807) is 22.8 Å². The van der Waals surface area contributed by atoms with E-state index >= 15 is 0 Å². The van der Waals surface area contributed by atoms with Crippen molar-refractivity contribution < 1.29 is 9.53 Å². The number of Topliss-reactive ketones (excluding diaryl/α,β-unsaturated/α-hetero) is 1. The zero-order valence-electron chi connectivity index (χ0n) is 12.9. The van der Waals surface area contributed by atoms with Crippen molar-refractivity contribution in [3.05, 3.63) is 57.5 Å². The largest absolute Gasteiger partial charge is 0.494 e. The van der Waals surface area contributed by atoms with E-state index in [1.165, 1.54) is 24.6 Å². The topological polar surface area (TPSA) is 61.2 Å². The molecular weight excluding hydrogens is 312 g/mol. The monoisotopic (exact) mass is 328 g/mol. The van der Waals surface area contributed by atoms with Crippen LogP contribution in [0.5, 0.6) is 5.75 Å². The van der Waals surface area contributed by atoms with Crippen LogP contribution in [0.25, 0.3) is 10.2 Å². The van der Waals surface area contributed by atoms with Crippen molar-refractivity contribution in [2.45, 2.75) is 20.4 Å². The molecule has 0 radical (unpaired) electrons. The molecule has 6 heteroatoms. The van der Waals surface area contributed by atoms with E-state index < -0.39 is 0 Å². The van der Waals surface area contributed by atoms with Gasteiger partial charge < -0.3 is 4.74 Å². The Morgan fingerprint density at radius 2 is 2.17 bits per heavy atom. The average molecular weight is 328 g/mol. The van der Waals surface area contributed by atoms with Crippen molar-refractivity contribution in [3.8, 4) is 5.75 Å². The van der Waals surface area contributed by atoms with E-state index in [-0.39, 0.29) is 11.3 Å². The van der Waals surface area contributed by atoms with Crippen molar-refractivity contribution in [1.29, 1.82) is 0 Å². The summed E-state index contributed by atoms with van der Waals surface area (Å²) in [5, 5.41) is 1.85. The smallest absolute Gasteiger partial charge is 0.271 e. The zero-order valence-corrected chi connectivity index (χ0v) is 13.7. The van der Waals surface area contributed by atoms with Gasteiger partial charge in [-0.2, -0.15) is 0 Å². The van der Waals surface area contributed by atoms with Gasteiger partial charge in [-0.05, 0) is 43.5 Å².